The first kappa shape index (κ1) is 17.4. The van der Waals surface area contributed by atoms with E-state index in [2.05, 4.69) is 5.32 Å². The van der Waals surface area contributed by atoms with E-state index >= 15 is 0 Å². The predicted molar refractivity (Wildman–Crippen MR) is 94.8 cm³/mol. The van der Waals surface area contributed by atoms with Gasteiger partial charge in [-0.15, -0.1) is 0 Å². The van der Waals surface area contributed by atoms with Gasteiger partial charge in [0.1, 0.15) is 5.82 Å². The number of nitrogens with one attached hydrogen (secondary N) is 1. The zero-order valence-corrected chi connectivity index (χ0v) is 14.3. The highest BCUT2D eigenvalue weighted by Crippen LogP contribution is 2.27. The molecule has 1 heterocycles. The molecule has 0 unspecified atom stereocenters. The lowest BCUT2D eigenvalue weighted by Crippen LogP contribution is -2.42. The van der Waals surface area contributed by atoms with Crippen molar-refractivity contribution >= 4 is 6.03 Å². The summed E-state index contributed by atoms with van der Waals surface area (Å²) >= 11 is 0. The van der Waals surface area contributed by atoms with Gasteiger partial charge in [-0.2, -0.15) is 0 Å². The summed E-state index contributed by atoms with van der Waals surface area (Å²) in [6.07, 6.45) is 2.11. The molecular formula is C20H23FN2O2. The molecule has 132 valence electrons. The van der Waals surface area contributed by atoms with Crippen LogP contribution in [0.25, 0.3) is 0 Å². The number of hydrogen-bond acceptors (Lipinski definition) is 2. The summed E-state index contributed by atoms with van der Waals surface area (Å²) in [5.74, 6) is -0.291. The number of rotatable bonds is 5. The van der Waals surface area contributed by atoms with E-state index in [0.29, 0.717) is 6.54 Å². The van der Waals surface area contributed by atoms with Gasteiger partial charge in [0, 0.05) is 20.2 Å². The van der Waals surface area contributed by atoms with Crippen molar-refractivity contribution in [3.05, 3.63) is 71.5 Å². The van der Waals surface area contributed by atoms with Gasteiger partial charge in [0.15, 0.2) is 0 Å². The number of benzene rings is 2. The van der Waals surface area contributed by atoms with Crippen LogP contribution in [0.3, 0.4) is 0 Å². The van der Waals surface area contributed by atoms with Gasteiger partial charge in [-0.1, -0.05) is 42.5 Å². The Morgan fingerprint density at radius 2 is 1.88 bits per heavy atom. The highest BCUT2D eigenvalue weighted by Gasteiger charge is 2.24. The van der Waals surface area contributed by atoms with Crippen LogP contribution in [-0.2, 0) is 4.74 Å². The maximum Gasteiger partial charge on any atom is 0.318 e. The minimum absolute atomic E-state index is 0.0957. The van der Waals surface area contributed by atoms with Crippen LogP contribution in [0.15, 0.2) is 54.6 Å². The Morgan fingerprint density at radius 3 is 2.52 bits per heavy atom. The molecule has 1 N–H and O–H groups in total. The number of carbonyl (C=O) groups excluding carboxylic acids is 1. The molecule has 0 aromatic heterocycles. The minimum atomic E-state index is -0.291. The molecule has 2 amide bonds. The molecule has 4 nitrogen and oxygen atoms in total. The van der Waals surface area contributed by atoms with Crippen LogP contribution in [0.1, 0.15) is 30.0 Å². The molecule has 0 bridgehead atoms. The quantitative estimate of drug-likeness (QED) is 0.899. The second-order valence-corrected chi connectivity index (χ2v) is 6.30. The van der Waals surface area contributed by atoms with Crippen molar-refractivity contribution in [3.63, 3.8) is 0 Å². The number of hydrogen-bond donors (Lipinski definition) is 1. The van der Waals surface area contributed by atoms with Crippen LogP contribution in [0, 0.1) is 5.82 Å². The third-order valence-electron chi connectivity index (χ3n) is 4.51. The fourth-order valence-electron chi connectivity index (χ4n) is 3.17. The normalized spacial score (nSPS) is 17.9. The van der Waals surface area contributed by atoms with Gasteiger partial charge >= 0.3 is 6.03 Å². The topological polar surface area (TPSA) is 41.6 Å². The number of nitrogens with zero attached hydrogens (tertiary/aromatic N) is 1. The fraction of sp³-hybridized carbons (Fsp3) is 0.350. The van der Waals surface area contributed by atoms with E-state index in [4.69, 9.17) is 4.74 Å². The zero-order chi connectivity index (χ0) is 17.6. The molecule has 2 aromatic rings. The lowest BCUT2D eigenvalue weighted by Gasteiger charge is -2.29. The van der Waals surface area contributed by atoms with Crippen LogP contribution in [-0.4, -0.2) is 37.2 Å². The van der Waals surface area contributed by atoms with Crippen LogP contribution >= 0.6 is 0 Å². The molecule has 2 atom stereocenters. The predicted octanol–water partition coefficient (Wildman–Crippen LogP) is 3.74. The van der Waals surface area contributed by atoms with E-state index in [0.717, 1.165) is 30.6 Å². The van der Waals surface area contributed by atoms with E-state index < -0.39 is 0 Å². The summed E-state index contributed by atoms with van der Waals surface area (Å²) in [5, 5.41) is 2.94. The largest absolute Gasteiger partial charge is 0.376 e. The van der Waals surface area contributed by atoms with Gasteiger partial charge in [-0.05, 0) is 36.1 Å². The van der Waals surface area contributed by atoms with Gasteiger partial charge < -0.3 is 15.0 Å². The van der Waals surface area contributed by atoms with Gasteiger partial charge in [-0.25, -0.2) is 9.18 Å². The third kappa shape index (κ3) is 4.37. The molecule has 0 saturated carbocycles. The number of halogens is 1. The highest BCUT2D eigenvalue weighted by molar-refractivity contribution is 5.75. The molecule has 1 aliphatic rings. The average molecular weight is 342 g/mol. The van der Waals surface area contributed by atoms with Gasteiger partial charge in [0.25, 0.3) is 0 Å². The monoisotopic (exact) mass is 342 g/mol. The number of amides is 2. The van der Waals surface area contributed by atoms with E-state index in [1.165, 1.54) is 12.1 Å². The Kier molecular flexibility index (Phi) is 5.66. The maximum atomic E-state index is 13.3. The molecule has 0 radical (unpaired) electrons. The molecular weight excluding hydrogens is 319 g/mol. The Bertz CT molecular complexity index is 685. The van der Waals surface area contributed by atoms with E-state index in [1.807, 2.05) is 30.3 Å². The first-order chi connectivity index (χ1) is 12.1. The molecule has 1 fully saturated rings. The van der Waals surface area contributed by atoms with Crippen molar-refractivity contribution in [2.24, 2.45) is 0 Å². The number of carbonyl (C=O) groups is 1. The number of urea groups is 1. The van der Waals surface area contributed by atoms with Crippen LogP contribution in [0.2, 0.25) is 0 Å². The molecule has 0 aliphatic carbocycles. The Morgan fingerprint density at radius 1 is 1.20 bits per heavy atom. The second-order valence-electron chi connectivity index (χ2n) is 6.30. The number of ether oxygens (including phenoxy) is 1. The zero-order valence-electron chi connectivity index (χ0n) is 14.3. The Labute approximate surface area is 147 Å². The van der Waals surface area contributed by atoms with Gasteiger partial charge in [0.2, 0.25) is 0 Å². The summed E-state index contributed by atoms with van der Waals surface area (Å²) in [5.41, 5.74) is 1.84. The summed E-state index contributed by atoms with van der Waals surface area (Å²) < 4.78 is 18.9. The standard InChI is InChI=1S/C20H23FN2O2/c1-23(20(24)22-14-18-8-5-13-25-18)19(15-6-3-2-4-7-15)16-9-11-17(21)12-10-16/h2-4,6-7,9-12,18-19H,5,8,13-14H2,1H3,(H,22,24)/t18-,19+/m0/s1. The fourth-order valence-corrected chi connectivity index (χ4v) is 3.17. The van der Waals surface area contributed by atoms with Crippen molar-refractivity contribution in [2.75, 3.05) is 20.2 Å². The van der Waals surface area contributed by atoms with Crippen LogP contribution in [0.5, 0.6) is 0 Å². The summed E-state index contributed by atoms with van der Waals surface area (Å²) in [6, 6.07) is 15.6. The van der Waals surface area contributed by atoms with Gasteiger partial charge in [-0.3, -0.25) is 0 Å². The molecule has 1 saturated heterocycles. The maximum absolute atomic E-state index is 13.3. The first-order valence-electron chi connectivity index (χ1n) is 8.58. The summed E-state index contributed by atoms with van der Waals surface area (Å²) in [4.78, 5) is 14.3. The Balaban J connectivity index is 1.78. The van der Waals surface area contributed by atoms with Crippen LogP contribution < -0.4 is 5.32 Å². The summed E-state index contributed by atoms with van der Waals surface area (Å²) in [7, 11) is 1.76. The lowest BCUT2D eigenvalue weighted by molar-refractivity contribution is 0.109. The molecule has 1 aliphatic heterocycles. The highest BCUT2D eigenvalue weighted by atomic mass is 19.1. The average Bonchev–Trinajstić information content (AvgIpc) is 3.16. The Hall–Kier alpha value is -2.40. The van der Waals surface area contributed by atoms with Gasteiger partial charge in [0.05, 0.1) is 12.1 Å². The lowest BCUT2D eigenvalue weighted by atomic mass is 9.97. The molecule has 0 spiro atoms. The molecule has 25 heavy (non-hydrogen) atoms. The van der Waals surface area contributed by atoms with Crippen molar-refractivity contribution in [1.82, 2.24) is 10.2 Å². The first-order valence-corrected chi connectivity index (χ1v) is 8.58. The second kappa shape index (κ2) is 8.12. The summed E-state index contributed by atoms with van der Waals surface area (Å²) in [6.45, 7) is 1.27. The van der Waals surface area contributed by atoms with Crippen LogP contribution in [0.4, 0.5) is 9.18 Å². The molecule has 5 heteroatoms. The molecule has 2 aromatic carbocycles. The SMILES string of the molecule is CN(C(=O)NC[C@@H]1CCCO1)[C@H](c1ccccc1)c1ccc(F)cc1. The van der Waals surface area contributed by atoms with E-state index in [9.17, 15) is 9.18 Å². The van der Waals surface area contributed by atoms with E-state index in [-0.39, 0.29) is 24.0 Å². The van der Waals surface area contributed by atoms with Crippen molar-refractivity contribution < 1.29 is 13.9 Å². The minimum Gasteiger partial charge on any atom is -0.376 e. The van der Waals surface area contributed by atoms with Crippen molar-refractivity contribution in [1.29, 1.82) is 0 Å². The third-order valence-corrected chi connectivity index (χ3v) is 4.51. The smallest absolute Gasteiger partial charge is 0.318 e. The van der Waals surface area contributed by atoms with E-state index in [1.54, 1.807) is 24.1 Å². The van der Waals surface area contributed by atoms with Crippen molar-refractivity contribution in [3.8, 4) is 0 Å². The molecule has 3 rings (SSSR count). The van der Waals surface area contributed by atoms with Crippen molar-refractivity contribution in [2.45, 2.75) is 25.0 Å².